The van der Waals surface area contributed by atoms with Crippen molar-refractivity contribution in [3.05, 3.63) is 34.9 Å². The predicted octanol–water partition coefficient (Wildman–Crippen LogP) is 1.50. The van der Waals surface area contributed by atoms with Crippen LogP contribution in [0.4, 0.5) is 0 Å². The van der Waals surface area contributed by atoms with Crippen LogP contribution in [-0.2, 0) is 4.79 Å². The fraction of sp³-hybridized carbons (Fsp3) is 0.200. The van der Waals surface area contributed by atoms with E-state index in [4.69, 9.17) is 23.2 Å². The molecule has 0 aliphatic carbocycles. The van der Waals surface area contributed by atoms with Gasteiger partial charge in [-0.15, -0.1) is 0 Å². The number of halogens is 2. The van der Waals surface area contributed by atoms with Crippen LogP contribution in [0.5, 0.6) is 0 Å². The molecule has 0 bridgehead atoms. The quantitative estimate of drug-likeness (QED) is 0.635. The first-order valence-corrected chi connectivity index (χ1v) is 8.86. The average molecular weight is 365 g/mol. The van der Waals surface area contributed by atoms with Crippen molar-refractivity contribution >= 4 is 54.1 Å². The molecular weight excluding hydrogens is 356 g/mol. The van der Waals surface area contributed by atoms with E-state index in [1.165, 1.54) is 0 Å². The summed E-state index contributed by atoms with van der Waals surface area (Å²) >= 11 is 9.98. The SMILES string of the molecule is O=[C](CCl)[Sn][CH2]NC(=O)c1ccccc1Cl. The van der Waals surface area contributed by atoms with Gasteiger partial charge in [-0.25, -0.2) is 0 Å². The van der Waals surface area contributed by atoms with Gasteiger partial charge in [0.05, 0.1) is 0 Å². The molecule has 1 amide bonds. The van der Waals surface area contributed by atoms with Gasteiger partial charge < -0.3 is 0 Å². The molecule has 6 heteroatoms. The number of carbonyl (C=O) groups is 2. The number of alkyl halides is 1. The Morgan fingerprint density at radius 1 is 1.31 bits per heavy atom. The Morgan fingerprint density at radius 2 is 2.00 bits per heavy atom. The third-order valence-electron chi connectivity index (χ3n) is 1.77. The van der Waals surface area contributed by atoms with Crippen LogP contribution in [0, 0.1) is 0 Å². The zero-order chi connectivity index (χ0) is 12.0. The van der Waals surface area contributed by atoms with Gasteiger partial charge in [-0.3, -0.25) is 0 Å². The first-order valence-electron chi connectivity index (χ1n) is 4.50. The van der Waals surface area contributed by atoms with E-state index in [1.807, 2.05) is 0 Å². The van der Waals surface area contributed by atoms with Crippen LogP contribution in [0.1, 0.15) is 10.4 Å². The van der Waals surface area contributed by atoms with Crippen LogP contribution in [0.15, 0.2) is 24.3 Å². The van der Waals surface area contributed by atoms with Gasteiger partial charge in [-0.1, -0.05) is 0 Å². The van der Waals surface area contributed by atoms with Crippen molar-refractivity contribution in [2.75, 3.05) is 10.4 Å². The third kappa shape index (κ3) is 4.31. The van der Waals surface area contributed by atoms with Crippen LogP contribution < -0.4 is 5.32 Å². The van der Waals surface area contributed by atoms with Gasteiger partial charge >= 0.3 is 114 Å². The molecule has 1 aromatic rings. The molecule has 2 radical (unpaired) electrons. The van der Waals surface area contributed by atoms with Gasteiger partial charge in [-0.2, -0.15) is 0 Å². The molecule has 1 aromatic carbocycles. The van der Waals surface area contributed by atoms with Crippen molar-refractivity contribution in [2.45, 2.75) is 0 Å². The summed E-state index contributed by atoms with van der Waals surface area (Å²) in [5.74, 6) is -0.192. The van der Waals surface area contributed by atoms with Crippen LogP contribution in [0.25, 0.3) is 0 Å². The summed E-state index contributed by atoms with van der Waals surface area (Å²) in [5, 5.41) is 3.09. The molecule has 84 valence electrons. The molecule has 0 atom stereocenters. The Labute approximate surface area is 114 Å². The summed E-state index contributed by atoms with van der Waals surface area (Å²) < 4.78 is 0.517. The molecule has 0 aliphatic rings. The maximum atomic E-state index is 11.6. The Kier molecular flexibility index (Phi) is 6.16. The molecule has 1 rings (SSSR count). The van der Waals surface area contributed by atoms with Crippen LogP contribution >= 0.6 is 23.2 Å². The van der Waals surface area contributed by atoms with E-state index < -0.39 is 21.1 Å². The second-order valence-electron chi connectivity index (χ2n) is 2.90. The minimum atomic E-state index is -1.24. The third-order valence-corrected chi connectivity index (χ3v) is 5.63. The fourth-order valence-electron chi connectivity index (χ4n) is 1.01. The summed E-state index contributed by atoms with van der Waals surface area (Å²) in [4.78, 5) is 22.6. The van der Waals surface area contributed by atoms with Crippen molar-refractivity contribution in [3.63, 3.8) is 0 Å². The monoisotopic (exact) mass is 365 g/mol. The molecule has 0 saturated carbocycles. The van der Waals surface area contributed by atoms with E-state index in [2.05, 4.69) is 5.32 Å². The zero-order valence-corrected chi connectivity index (χ0v) is 12.7. The Balaban J connectivity index is 2.47. The van der Waals surface area contributed by atoms with E-state index in [0.717, 1.165) is 0 Å². The Bertz CT molecular complexity index is 398. The zero-order valence-electron chi connectivity index (χ0n) is 8.30. The fourth-order valence-corrected chi connectivity index (χ4v) is 3.41. The molecule has 16 heavy (non-hydrogen) atoms. The normalized spacial score (nSPS) is 9.88. The van der Waals surface area contributed by atoms with Gasteiger partial charge in [0.1, 0.15) is 0 Å². The molecular formula is C10H9Cl2NO2Sn. The molecule has 1 N–H and O–H groups in total. The first-order chi connectivity index (χ1) is 7.65. The molecule has 3 nitrogen and oxygen atoms in total. The van der Waals surface area contributed by atoms with Crippen molar-refractivity contribution in [3.8, 4) is 0 Å². The molecule has 0 saturated heterocycles. The second kappa shape index (κ2) is 7.14. The number of benzene rings is 1. The first kappa shape index (κ1) is 13.8. The van der Waals surface area contributed by atoms with Gasteiger partial charge in [-0.05, 0) is 0 Å². The predicted molar refractivity (Wildman–Crippen MR) is 65.3 cm³/mol. The van der Waals surface area contributed by atoms with Crippen molar-refractivity contribution in [1.29, 1.82) is 0 Å². The molecule has 0 aromatic heterocycles. The topological polar surface area (TPSA) is 46.2 Å². The minimum absolute atomic E-state index is 0.0497. The van der Waals surface area contributed by atoms with E-state index in [1.54, 1.807) is 24.3 Å². The van der Waals surface area contributed by atoms with Gasteiger partial charge in [0.25, 0.3) is 0 Å². The van der Waals surface area contributed by atoms with Gasteiger partial charge in [0.15, 0.2) is 0 Å². The maximum absolute atomic E-state index is 11.6. The number of hydrogen-bond acceptors (Lipinski definition) is 2. The Hall–Kier alpha value is -0.261. The molecule has 0 unspecified atom stereocenters. The summed E-state index contributed by atoms with van der Waals surface area (Å²) in [6, 6.07) is 6.80. The van der Waals surface area contributed by atoms with Crippen molar-refractivity contribution < 1.29 is 9.59 Å². The van der Waals surface area contributed by atoms with Gasteiger partial charge in [0.2, 0.25) is 0 Å². The van der Waals surface area contributed by atoms with Crippen LogP contribution in [0.2, 0.25) is 5.02 Å². The Morgan fingerprint density at radius 3 is 2.62 bits per heavy atom. The molecule has 0 fully saturated rings. The summed E-state index contributed by atoms with van der Waals surface area (Å²) in [6.45, 7) is 0. The van der Waals surface area contributed by atoms with E-state index in [0.29, 0.717) is 15.1 Å². The van der Waals surface area contributed by atoms with Crippen molar-refractivity contribution in [2.24, 2.45) is 0 Å². The number of amides is 1. The second-order valence-corrected chi connectivity index (χ2v) is 7.18. The summed E-state index contributed by atoms with van der Waals surface area (Å²) in [6.07, 6.45) is 0. The number of rotatable bonds is 5. The summed E-state index contributed by atoms with van der Waals surface area (Å²) in [7, 11) is 0. The standard InChI is InChI=1S/C8H7ClNO.C2H2ClO.Sn/c1-10-8(11)6-4-2-3-5-7(6)9;3-1-2-4;/h2-5H,1H2,(H,10,11);1H2;. The molecule has 0 spiro atoms. The van der Waals surface area contributed by atoms with Crippen LogP contribution in [-0.4, -0.2) is 41.3 Å². The number of carbonyl (C=O) groups excluding carboxylic acids is 2. The molecule has 0 heterocycles. The van der Waals surface area contributed by atoms with E-state index in [9.17, 15) is 9.59 Å². The molecule has 0 aliphatic heterocycles. The van der Waals surface area contributed by atoms with E-state index in [-0.39, 0.29) is 15.6 Å². The van der Waals surface area contributed by atoms with Gasteiger partial charge in [0, 0.05) is 0 Å². The summed E-state index contributed by atoms with van der Waals surface area (Å²) in [5.41, 5.74) is 0.432. The van der Waals surface area contributed by atoms with E-state index >= 15 is 0 Å². The van der Waals surface area contributed by atoms with Crippen molar-refractivity contribution in [1.82, 2.24) is 5.32 Å². The number of nitrogens with one attached hydrogen (secondary N) is 1. The average Bonchev–Trinajstić information content (AvgIpc) is 2.29. The number of hydrogen-bond donors (Lipinski definition) is 1. The van der Waals surface area contributed by atoms with Crippen LogP contribution in [0.3, 0.4) is 0 Å².